The molecule has 0 fully saturated rings. The summed E-state index contributed by atoms with van der Waals surface area (Å²) in [4.78, 5) is 42.5. The van der Waals surface area contributed by atoms with Gasteiger partial charge in [0.05, 0.1) is 30.5 Å². The van der Waals surface area contributed by atoms with E-state index in [2.05, 4.69) is 16.4 Å². The second-order valence-electron chi connectivity index (χ2n) is 8.39. The molecule has 0 aliphatic carbocycles. The standard InChI is InChI=1S/C28H21ClFN5O4/c1-39-25-15-35(26(36)13-22(25)21-10-17(29)6-5-16(21)14-31)24(12-18-4-2-3-9-33-18)28(38)34-19-7-8-20(27(32)37)23(30)11-19/h2-11,13,15,24H,12H2,1H3,(H2,32,37)(H,34,38). The molecule has 1 unspecified atom stereocenters. The van der Waals surface area contributed by atoms with Crippen molar-refractivity contribution in [3.05, 3.63) is 111 Å². The van der Waals surface area contributed by atoms with Gasteiger partial charge in [-0.1, -0.05) is 17.7 Å². The smallest absolute Gasteiger partial charge is 0.252 e. The first-order chi connectivity index (χ1) is 18.7. The molecule has 3 N–H and O–H groups in total. The molecule has 196 valence electrons. The van der Waals surface area contributed by atoms with Crippen LogP contribution in [-0.4, -0.2) is 28.5 Å². The third-order valence-corrected chi connectivity index (χ3v) is 6.16. The maximum Gasteiger partial charge on any atom is 0.252 e. The second kappa shape index (κ2) is 11.6. The predicted molar refractivity (Wildman–Crippen MR) is 143 cm³/mol. The SMILES string of the molecule is COc1cn(C(Cc2ccccn2)C(=O)Nc2ccc(C(N)=O)c(F)c2)c(=O)cc1-c1cc(Cl)ccc1C#N. The number of carbonyl (C=O) groups excluding carboxylic acids is 2. The minimum absolute atomic E-state index is 0.0115. The summed E-state index contributed by atoms with van der Waals surface area (Å²) in [5.41, 5.74) is 5.82. The second-order valence-corrected chi connectivity index (χ2v) is 8.83. The van der Waals surface area contributed by atoms with E-state index in [0.717, 1.165) is 12.1 Å². The highest BCUT2D eigenvalue weighted by Crippen LogP contribution is 2.33. The third kappa shape index (κ3) is 5.95. The Balaban J connectivity index is 1.79. The van der Waals surface area contributed by atoms with E-state index < -0.39 is 29.2 Å². The zero-order valence-electron chi connectivity index (χ0n) is 20.5. The maximum absolute atomic E-state index is 14.3. The molecule has 0 saturated carbocycles. The predicted octanol–water partition coefficient (Wildman–Crippen LogP) is 4.10. The molecule has 4 rings (SSSR count). The number of pyridine rings is 2. The van der Waals surface area contributed by atoms with Crippen LogP contribution in [0.15, 0.2) is 77.9 Å². The van der Waals surface area contributed by atoms with Gasteiger partial charge in [-0.3, -0.25) is 23.9 Å². The summed E-state index contributed by atoms with van der Waals surface area (Å²) in [7, 11) is 1.39. The number of aromatic nitrogens is 2. The highest BCUT2D eigenvalue weighted by atomic mass is 35.5. The summed E-state index contributed by atoms with van der Waals surface area (Å²) in [5.74, 6) is -2.29. The molecule has 0 aliphatic heterocycles. The van der Waals surface area contributed by atoms with Gasteiger partial charge in [-0.25, -0.2) is 4.39 Å². The zero-order chi connectivity index (χ0) is 28.1. The van der Waals surface area contributed by atoms with Crippen molar-refractivity contribution in [3.8, 4) is 22.9 Å². The van der Waals surface area contributed by atoms with Gasteiger partial charge in [0.15, 0.2) is 0 Å². The Hall–Kier alpha value is -5.01. The van der Waals surface area contributed by atoms with Gasteiger partial charge < -0.3 is 15.8 Å². The Labute approximate surface area is 227 Å². The van der Waals surface area contributed by atoms with E-state index in [4.69, 9.17) is 22.1 Å². The van der Waals surface area contributed by atoms with Crippen LogP contribution < -0.4 is 21.3 Å². The number of halogens is 2. The lowest BCUT2D eigenvalue weighted by Crippen LogP contribution is -2.34. The molecular formula is C28H21ClFN5O4. The van der Waals surface area contributed by atoms with Crippen LogP contribution in [0.25, 0.3) is 11.1 Å². The summed E-state index contributed by atoms with van der Waals surface area (Å²) < 4.78 is 21.0. The number of hydrogen-bond acceptors (Lipinski definition) is 6. The largest absolute Gasteiger partial charge is 0.495 e. The van der Waals surface area contributed by atoms with Crippen LogP contribution >= 0.6 is 11.6 Å². The first-order valence-electron chi connectivity index (χ1n) is 11.5. The Morgan fingerprint density at radius 1 is 1.18 bits per heavy atom. The number of primary amides is 1. The number of amides is 2. The van der Waals surface area contributed by atoms with E-state index in [9.17, 15) is 24.0 Å². The minimum Gasteiger partial charge on any atom is -0.495 e. The van der Waals surface area contributed by atoms with Gasteiger partial charge in [0, 0.05) is 46.2 Å². The van der Waals surface area contributed by atoms with Gasteiger partial charge in [-0.15, -0.1) is 0 Å². The van der Waals surface area contributed by atoms with E-state index in [-0.39, 0.29) is 29.0 Å². The Morgan fingerprint density at radius 3 is 2.62 bits per heavy atom. The number of ether oxygens (including phenoxy) is 1. The molecule has 0 saturated heterocycles. The fourth-order valence-corrected chi connectivity index (χ4v) is 4.21. The molecule has 39 heavy (non-hydrogen) atoms. The summed E-state index contributed by atoms with van der Waals surface area (Å²) >= 11 is 6.14. The molecule has 1 atom stereocenters. The minimum atomic E-state index is -1.14. The van der Waals surface area contributed by atoms with E-state index in [1.807, 2.05) is 0 Å². The fraction of sp³-hybridized carbons (Fsp3) is 0.107. The number of hydrogen-bond donors (Lipinski definition) is 2. The van der Waals surface area contributed by atoms with Gasteiger partial charge in [0.25, 0.3) is 11.5 Å². The van der Waals surface area contributed by atoms with Crippen LogP contribution in [0, 0.1) is 17.1 Å². The lowest BCUT2D eigenvalue weighted by molar-refractivity contribution is -0.119. The lowest BCUT2D eigenvalue weighted by atomic mass is 10.00. The average molecular weight is 546 g/mol. The first-order valence-corrected chi connectivity index (χ1v) is 11.9. The third-order valence-electron chi connectivity index (χ3n) is 5.93. The van der Waals surface area contributed by atoms with Gasteiger partial charge in [0.2, 0.25) is 5.91 Å². The summed E-state index contributed by atoms with van der Waals surface area (Å²) in [6.45, 7) is 0. The zero-order valence-corrected chi connectivity index (χ0v) is 21.3. The normalized spacial score (nSPS) is 11.3. The van der Waals surface area contributed by atoms with Crippen molar-refractivity contribution >= 4 is 29.1 Å². The number of methoxy groups -OCH3 is 1. The number of nitrogens with zero attached hydrogens (tertiary/aromatic N) is 3. The number of benzene rings is 2. The van der Waals surface area contributed by atoms with Crippen molar-refractivity contribution in [1.29, 1.82) is 5.26 Å². The number of nitriles is 1. The maximum atomic E-state index is 14.3. The first kappa shape index (κ1) is 27.0. The molecule has 2 aromatic carbocycles. The molecule has 4 aromatic rings. The summed E-state index contributed by atoms with van der Waals surface area (Å²) in [5, 5.41) is 12.5. The van der Waals surface area contributed by atoms with Crippen molar-refractivity contribution in [2.24, 2.45) is 5.73 Å². The van der Waals surface area contributed by atoms with Gasteiger partial charge >= 0.3 is 0 Å². The van der Waals surface area contributed by atoms with Crippen LogP contribution in [0.4, 0.5) is 10.1 Å². The van der Waals surface area contributed by atoms with E-state index in [0.29, 0.717) is 21.8 Å². The Morgan fingerprint density at radius 2 is 1.97 bits per heavy atom. The summed E-state index contributed by atoms with van der Waals surface area (Å²) in [6, 6.07) is 15.4. The molecule has 0 spiro atoms. The molecule has 2 amide bonds. The topological polar surface area (TPSA) is 140 Å². The number of nitrogens with one attached hydrogen (secondary N) is 1. The molecule has 0 radical (unpaired) electrons. The number of nitrogens with two attached hydrogens (primary N) is 1. The molecular weight excluding hydrogens is 525 g/mol. The van der Waals surface area contributed by atoms with Crippen molar-refractivity contribution < 1.29 is 18.7 Å². The quantitative estimate of drug-likeness (QED) is 0.341. The van der Waals surface area contributed by atoms with Crippen LogP contribution in [0.3, 0.4) is 0 Å². The molecule has 11 heteroatoms. The van der Waals surface area contributed by atoms with Crippen LogP contribution in [0.5, 0.6) is 5.75 Å². The highest BCUT2D eigenvalue weighted by molar-refractivity contribution is 6.31. The Kier molecular flexibility index (Phi) is 8.03. The van der Waals surface area contributed by atoms with E-state index in [1.165, 1.54) is 36.1 Å². The van der Waals surface area contributed by atoms with Crippen molar-refractivity contribution in [1.82, 2.24) is 9.55 Å². The van der Waals surface area contributed by atoms with Crippen molar-refractivity contribution in [2.75, 3.05) is 12.4 Å². The highest BCUT2D eigenvalue weighted by Gasteiger charge is 2.25. The fourth-order valence-electron chi connectivity index (χ4n) is 4.03. The van der Waals surface area contributed by atoms with Gasteiger partial charge in [0.1, 0.15) is 17.6 Å². The molecule has 2 heterocycles. The van der Waals surface area contributed by atoms with Crippen molar-refractivity contribution in [3.63, 3.8) is 0 Å². The van der Waals surface area contributed by atoms with E-state index in [1.54, 1.807) is 36.5 Å². The molecule has 2 aromatic heterocycles. The lowest BCUT2D eigenvalue weighted by Gasteiger charge is -2.21. The monoisotopic (exact) mass is 545 g/mol. The average Bonchev–Trinajstić information content (AvgIpc) is 2.92. The number of carbonyl (C=O) groups is 2. The van der Waals surface area contributed by atoms with Gasteiger partial charge in [-0.2, -0.15) is 5.26 Å². The van der Waals surface area contributed by atoms with Crippen LogP contribution in [0.2, 0.25) is 5.02 Å². The van der Waals surface area contributed by atoms with Crippen LogP contribution in [-0.2, 0) is 11.2 Å². The van der Waals surface area contributed by atoms with Crippen LogP contribution in [0.1, 0.15) is 27.7 Å². The van der Waals surface area contributed by atoms with Crippen molar-refractivity contribution in [2.45, 2.75) is 12.5 Å². The van der Waals surface area contributed by atoms with Gasteiger partial charge in [-0.05, 0) is 48.5 Å². The molecule has 0 bridgehead atoms. The molecule has 0 aliphatic rings. The van der Waals surface area contributed by atoms with E-state index >= 15 is 0 Å². The number of rotatable bonds is 8. The summed E-state index contributed by atoms with van der Waals surface area (Å²) in [6.07, 6.45) is 2.93. The Bertz CT molecular complexity index is 1670. The molecule has 9 nitrogen and oxygen atoms in total. The number of anilines is 1.